The molecule has 0 saturated heterocycles. The first-order valence-corrected chi connectivity index (χ1v) is 7.86. The molecule has 0 atom stereocenters. The average molecular weight is 315 g/mol. The average Bonchev–Trinajstić information content (AvgIpc) is 2.85. The summed E-state index contributed by atoms with van der Waals surface area (Å²) in [5, 5.41) is 1.80. The van der Waals surface area contributed by atoms with Crippen molar-refractivity contribution in [2.75, 3.05) is 0 Å². The lowest BCUT2D eigenvalue weighted by atomic mass is 10.1. The van der Waals surface area contributed by atoms with E-state index in [9.17, 15) is 4.79 Å². The molecule has 0 bridgehead atoms. The number of benzene rings is 2. The van der Waals surface area contributed by atoms with Crippen LogP contribution < -0.4 is 5.56 Å². The molecule has 0 aliphatic heterocycles. The van der Waals surface area contributed by atoms with Crippen LogP contribution in [0.1, 0.15) is 17.1 Å². The van der Waals surface area contributed by atoms with Gasteiger partial charge in [0.2, 0.25) is 0 Å². The molecular formula is C20H17N3O. The van der Waals surface area contributed by atoms with Gasteiger partial charge in [-0.1, -0.05) is 30.3 Å². The molecule has 0 aliphatic carbocycles. The van der Waals surface area contributed by atoms with Crippen molar-refractivity contribution >= 4 is 34.0 Å². The molecule has 118 valence electrons. The lowest BCUT2D eigenvalue weighted by molar-refractivity contribution is 0.916. The predicted octanol–water partition coefficient (Wildman–Crippen LogP) is 3.89. The van der Waals surface area contributed by atoms with Crippen LogP contribution in [0.25, 0.3) is 34.0 Å². The minimum Gasteiger partial charge on any atom is -0.347 e. The van der Waals surface area contributed by atoms with Crippen molar-refractivity contribution in [1.82, 2.24) is 14.5 Å². The van der Waals surface area contributed by atoms with Gasteiger partial charge >= 0.3 is 0 Å². The fourth-order valence-electron chi connectivity index (χ4n) is 3.11. The van der Waals surface area contributed by atoms with Gasteiger partial charge in [0.05, 0.1) is 10.9 Å². The third-order valence-electron chi connectivity index (χ3n) is 4.49. The van der Waals surface area contributed by atoms with Gasteiger partial charge in [-0.3, -0.25) is 4.79 Å². The molecule has 0 unspecified atom stereocenters. The molecule has 0 radical (unpaired) electrons. The van der Waals surface area contributed by atoms with Gasteiger partial charge in [0.15, 0.2) is 0 Å². The Morgan fingerprint density at radius 1 is 1.00 bits per heavy atom. The number of aromatic nitrogens is 3. The summed E-state index contributed by atoms with van der Waals surface area (Å²) in [7, 11) is 2.06. The van der Waals surface area contributed by atoms with Gasteiger partial charge in [0.1, 0.15) is 5.82 Å². The second kappa shape index (κ2) is 5.49. The van der Waals surface area contributed by atoms with Gasteiger partial charge in [-0.2, -0.15) is 0 Å². The van der Waals surface area contributed by atoms with Crippen molar-refractivity contribution in [3.05, 3.63) is 76.0 Å². The summed E-state index contributed by atoms with van der Waals surface area (Å²) >= 11 is 0. The molecule has 2 heterocycles. The molecule has 4 aromatic rings. The normalized spacial score (nSPS) is 11.8. The molecule has 4 nitrogen and oxygen atoms in total. The minimum absolute atomic E-state index is 0.116. The standard InChI is InChI=1S/C20H17N3O/c1-13-14(15-7-4-6-10-18(15)23(13)2)11-12-19-21-17-9-5-3-8-16(17)20(24)22-19/h3-12H,1-2H3,(H,21,22,24)/b12-11+. The summed E-state index contributed by atoms with van der Waals surface area (Å²) in [6.45, 7) is 2.09. The van der Waals surface area contributed by atoms with E-state index in [1.807, 2.05) is 42.5 Å². The van der Waals surface area contributed by atoms with Crippen molar-refractivity contribution in [3.63, 3.8) is 0 Å². The summed E-state index contributed by atoms with van der Waals surface area (Å²) in [6, 6.07) is 15.7. The summed E-state index contributed by atoms with van der Waals surface area (Å²) in [5.41, 5.74) is 4.10. The van der Waals surface area contributed by atoms with Crippen molar-refractivity contribution < 1.29 is 0 Å². The van der Waals surface area contributed by atoms with E-state index in [1.165, 1.54) is 16.6 Å². The van der Waals surface area contributed by atoms with Crippen LogP contribution in [0.15, 0.2) is 53.3 Å². The Labute approximate surface area is 139 Å². The highest BCUT2D eigenvalue weighted by atomic mass is 16.1. The molecule has 4 rings (SSSR count). The Morgan fingerprint density at radius 3 is 2.54 bits per heavy atom. The van der Waals surface area contributed by atoms with E-state index in [-0.39, 0.29) is 5.56 Å². The Morgan fingerprint density at radius 2 is 1.71 bits per heavy atom. The van der Waals surface area contributed by atoms with Crippen LogP contribution in [0.4, 0.5) is 0 Å². The molecule has 2 aromatic heterocycles. The van der Waals surface area contributed by atoms with Crippen LogP contribution in [-0.4, -0.2) is 14.5 Å². The van der Waals surface area contributed by atoms with Gasteiger partial charge in [0.25, 0.3) is 5.56 Å². The lowest BCUT2D eigenvalue weighted by Crippen LogP contribution is -2.09. The van der Waals surface area contributed by atoms with Gasteiger partial charge < -0.3 is 9.55 Å². The largest absolute Gasteiger partial charge is 0.347 e. The zero-order valence-electron chi connectivity index (χ0n) is 13.6. The SMILES string of the molecule is Cc1c(/C=C/c2nc3ccccc3c(=O)[nH]2)c2ccccc2n1C. The quantitative estimate of drug-likeness (QED) is 0.610. The number of hydrogen-bond acceptors (Lipinski definition) is 2. The maximum absolute atomic E-state index is 12.2. The Kier molecular flexibility index (Phi) is 3.31. The van der Waals surface area contributed by atoms with Crippen LogP contribution in [0.5, 0.6) is 0 Å². The molecule has 0 spiro atoms. The summed E-state index contributed by atoms with van der Waals surface area (Å²) in [6.07, 6.45) is 3.88. The fourth-order valence-corrected chi connectivity index (χ4v) is 3.11. The number of nitrogens with zero attached hydrogens (tertiary/aromatic N) is 2. The number of H-pyrrole nitrogens is 1. The van der Waals surface area contributed by atoms with Gasteiger partial charge in [-0.25, -0.2) is 4.98 Å². The molecule has 4 heteroatoms. The van der Waals surface area contributed by atoms with Crippen LogP contribution in [0, 0.1) is 6.92 Å². The van der Waals surface area contributed by atoms with Crippen LogP contribution >= 0.6 is 0 Å². The van der Waals surface area contributed by atoms with E-state index in [1.54, 1.807) is 6.07 Å². The van der Waals surface area contributed by atoms with Crippen LogP contribution in [0.2, 0.25) is 0 Å². The predicted molar refractivity (Wildman–Crippen MR) is 98.9 cm³/mol. The minimum atomic E-state index is -0.116. The van der Waals surface area contributed by atoms with E-state index >= 15 is 0 Å². The number of aryl methyl sites for hydroxylation is 1. The van der Waals surface area contributed by atoms with Crippen LogP contribution in [0.3, 0.4) is 0 Å². The first kappa shape index (κ1) is 14.5. The smallest absolute Gasteiger partial charge is 0.259 e. The number of aromatic amines is 1. The molecular weight excluding hydrogens is 298 g/mol. The van der Waals surface area contributed by atoms with E-state index in [0.717, 1.165) is 5.56 Å². The highest BCUT2D eigenvalue weighted by Gasteiger charge is 2.09. The number of hydrogen-bond donors (Lipinski definition) is 1. The first-order chi connectivity index (χ1) is 11.6. The summed E-state index contributed by atoms with van der Waals surface area (Å²) < 4.78 is 2.17. The maximum atomic E-state index is 12.2. The van der Waals surface area contributed by atoms with E-state index in [4.69, 9.17) is 0 Å². The van der Waals surface area contributed by atoms with E-state index in [2.05, 4.69) is 40.6 Å². The summed E-state index contributed by atoms with van der Waals surface area (Å²) in [4.78, 5) is 19.5. The van der Waals surface area contributed by atoms with Crippen molar-refractivity contribution in [2.24, 2.45) is 7.05 Å². The van der Waals surface area contributed by atoms with Crippen LogP contribution in [-0.2, 0) is 7.05 Å². The number of nitrogens with one attached hydrogen (secondary N) is 1. The molecule has 24 heavy (non-hydrogen) atoms. The highest BCUT2D eigenvalue weighted by molar-refractivity contribution is 5.93. The Bertz CT molecular complexity index is 1150. The zero-order chi connectivity index (χ0) is 16.7. The topological polar surface area (TPSA) is 50.7 Å². The second-order valence-electron chi connectivity index (χ2n) is 5.88. The van der Waals surface area contributed by atoms with Gasteiger partial charge in [-0.15, -0.1) is 0 Å². The first-order valence-electron chi connectivity index (χ1n) is 7.86. The summed E-state index contributed by atoms with van der Waals surface area (Å²) in [5.74, 6) is 0.561. The molecule has 0 saturated carbocycles. The maximum Gasteiger partial charge on any atom is 0.259 e. The number of para-hydroxylation sites is 2. The molecule has 0 fully saturated rings. The third-order valence-corrected chi connectivity index (χ3v) is 4.49. The molecule has 1 N–H and O–H groups in total. The molecule has 0 amide bonds. The molecule has 2 aromatic carbocycles. The van der Waals surface area contributed by atoms with Crippen molar-refractivity contribution in [1.29, 1.82) is 0 Å². The van der Waals surface area contributed by atoms with Crippen molar-refractivity contribution in [2.45, 2.75) is 6.92 Å². The number of rotatable bonds is 2. The fraction of sp³-hybridized carbons (Fsp3) is 0.100. The van der Waals surface area contributed by atoms with E-state index in [0.29, 0.717) is 16.7 Å². The lowest BCUT2D eigenvalue weighted by Gasteiger charge is -1.99. The zero-order valence-corrected chi connectivity index (χ0v) is 13.6. The Balaban J connectivity index is 1.84. The van der Waals surface area contributed by atoms with Gasteiger partial charge in [0, 0.05) is 29.2 Å². The van der Waals surface area contributed by atoms with Crippen molar-refractivity contribution in [3.8, 4) is 0 Å². The second-order valence-corrected chi connectivity index (χ2v) is 5.88. The number of fused-ring (bicyclic) bond motifs is 2. The monoisotopic (exact) mass is 315 g/mol. The Hall–Kier alpha value is -3.14. The highest BCUT2D eigenvalue weighted by Crippen LogP contribution is 2.26. The van der Waals surface area contributed by atoms with Gasteiger partial charge in [-0.05, 0) is 37.3 Å². The third kappa shape index (κ3) is 2.24. The molecule has 0 aliphatic rings. The van der Waals surface area contributed by atoms with E-state index < -0.39 is 0 Å².